The Bertz CT molecular complexity index is 1680. The van der Waals surface area contributed by atoms with Gasteiger partial charge in [0, 0.05) is 11.3 Å². The van der Waals surface area contributed by atoms with Gasteiger partial charge in [-0.05, 0) is 76.9 Å². The number of carbonyl (C=O) groups is 2. The van der Waals surface area contributed by atoms with Crippen LogP contribution in [-0.2, 0) is 16.3 Å². The molecule has 1 fully saturated rings. The third-order valence-corrected chi connectivity index (χ3v) is 9.79. The fourth-order valence-corrected chi connectivity index (χ4v) is 7.34. The van der Waals surface area contributed by atoms with Gasteiger partial charge in [0.05, 0.1) is 16.7 Å². The van der Waals surface area contributed by atoms with Gasteiger partial charge in [0.25, 0.3) is 11.9 Å². The highest BCUT2D eigenvalue weighted by Crippen LogP contribution is 2.34. The molecule has 216 valence electrons. The zero-order chi connectivity index (χ0) is 29.1. The summed E-state index contributed by atoms with van der Waals surface area (Å²) in [6, 6.07) is 19.2. The van der Waals surface area contributed by atoms with E-state index in [1.807, 2.05) is 12.1 Å². The summed E-state index contributed by atoms with van der Waals surface area (Å²) in [5.41, 5.74) is 4.50. The molecule has 1 saturated carbocycles. The number of aryl methyl sites for hydroxylation is 1. The molecule has 1 atom stereocenters. The Morgan fingerprint density at radius 2 is 1.60 bits per heavy atom. The third-order valence-electron chi connectivity index (χ3n) is 8.00. The first kappa shape index (κ1) is 27.6. The first-order chi connectivity index (χ1) is 20.4. The van der Waals surface area contributed by atoms with Crippen molar-refractivity contribution in [2.75, 3.05) is 16.4 Å². The van der Waals surface area contributed by atoms with E-state index >= 15 is 0 Å². The van der Waals surface area contributed by atoms with Crippen LogP contribution in [-0.4, -0.2) is 46.7 Å². The van der Waals surface area contributed by atoms with E-state index < -0.39 is 27.8 Å². The number of aromatic amines is 1. The maximum Gasteiger partial charge on any atom is 0.319 e. The van der Waals surface area contributed by atoms with E-state index in [4.69, 9.17) is 0 Å². The van der Waals surface area contributed by atoms with Crippen molar-refractivity contribution in [3.05, 3.63) is 94.5 Å². The van der Waals surface area contributed by atoms with Gasteiger partial charge in [-0.2, -0.15) is 5.21 Å². The van der Waals surface area contributed by atoms with Crippen LogP contribution < -0.4 is 16.0 Å². The maximum absolute atomic E-state index is 13.2. The van der Waals surface area contributed by atoms with Gasteiger partial charge in [0.15, 0.2) is 9.84 Å². The number of nitrogens with one attached hydrogen (secondary N) is 4. The van der Waals surface area contributed by atoms with E-state index in [0.29, 0.717) is 23.6 Å². The summed E-state index contributed by atoms with van der Waals surface area (Å²) < 4.78 is 24.8. The number of aromatic nitrogens is 4. The second-order valence-corrected chi connectivity index (χ2v) is 12.8. The van der Waals surface area contributed by atoms with Crippen LogP contribution in [0, 0.1) is 0 Å². The second-order valence-electron chi connectivity index (χ2n) is 10.7. The van der Waals surface area contributed by atoms with Gasteiger partial charge in [-0.3, -0.25) is 10.1 Å². The minimum absolute atomic E-state index is 0.0673. The molecule has 12 heteroatoms. The lowest BCUT2D eigenvalue weighted by atomic mass is 9.83. The fourth-order valence-electron chi connectivity index (χ4n) is 5.75. The predicted octanol–water partition coefficient (Wildman–Crippen LogP) is 4.74. The molecule has 1 unspecified atom stereocenters. The first-order valence-corrected chi connectivity index (χ1v) is 15.7. The van der Waals surface area contributed by atoms with Crippen LogP contribution in [0.4, 0.5) is 16.4 Å². The van der Waals surface area contributed by atoms with Crippen LogP contribution in [0.1, 0.15) is 76.7 Å². The Morgan fingerprint density at radius 3 is 2.29 bits per heavy atom. The number of rotatable bonds is 7. The Morgan fingerprint density at radius 1 is 0.881 bits per heavy atom. The molecule has 3 amide bonds. The number of fused-ring (bicyclic) bond motifs is 1. The maximum atomic E-state index is 13.2. The number of hydrogen-bond donors (Lipinski definition) is 4. The van der Waals surface area contributed by atoms with Crippen LogP contribution in [0.5, 0.6) is 0 Å². The van der Waals surface area contributed by atoms with Crippen molar-refractivity contribution in [1.29, 1.82) is 0 Å². The number of benzene rings is 3. The van der Waals surface area contributed by atoms with Gasteiger partial charge in [-0.1, -0.05) is 66.8 Å². The van der Waals surface area contributed by atoms with Crippen LogP contribution in [0.25, 0.3) is 0 Å². The first-order valence-electron chi connectivity index (χ1n) is 14.0. The third kappa shape index (κ3) is 6.03. The molecule has 0 bridgehead atoms. The van der Waals surface area contributed by atoms with Crippen molar-refractivity contribution in [2.45, 2.75) is 55.4 Å². The highest BCUT2D eigenvalue weighted by molar-refractivity contribution is 7.91. The molecule has 1 aromatic heterocycles. The zero-order valence-corrected chi connectivity index (χ0v) is 23.7. The number of carbonyl (C=O) groups excluding carboxylic acids is 2. The van der Waals surface area contributed by atoms with Crippen LogP contribution in [0.15, 0.2) is 71.6 Å². The van der Waals surface area contributed by atoms with E-state index in [1.165, 1.54) is 43.7 Å². The summed E-state index contributed by atoms with van der Waals surface area (Å²) in [5, 5.41) is 21.6. The molecule has 0 saturated heterocycles. The number of tetrazole rings is 1. The second kappa shape index (κ2) is 11.7. The molecule has 3 aromatic carbocycles. The van der Waals surface area contributed by atoms with E-state index in [2.05, 4.69) is 48.7 Å². The van der Waals surface area contributed by atoms with Crippen molar-refractivity contribution in [3.63, 3.8) is 0 Å². The zero-order valence-electron chi connectivity index (χ0n) is 22.8. The largest absolute Gasteiger partial charge is 0.327 e. The molecular weight excluding hydrogens is 554 g/mol. The minimum atomic E-state index is -3.33. The van der Waals surface area contributed by atoms with E-state index in [0.717, 1.165) is 16.7 Å². The molecule has 4 aromatic rings. The topological polar surface area (TPSA) is 159 Å². The number of nitrogens with zero attached hydrogens (tertiary/aromatic N) is 3. The molecule has 4 N–H and O–H groups in total. The quantitative estimate of drug-likeness (QED) is 0.244. The number of hydrogen-bond acceptors (Lipinski definition) is 7. The molecule has 2 aliphatic rings. The normalized spacial score (nSPS) is 16.8. The van der Waals surface area contributed by atoms with E-state index in [-0.39, 0.29) is 16.6 Å². The predicted molar refractivity (Wildman–Crippen MR) is 157 cm³/mol. The number of anilines is 2. The van der Waals surface area contributed by atoms with Gasteiger partial charge in [-0.25, -0.2) is 13.2 Å². The van der Waals surface area contributed by atoms with Gasteiger partial charge >= 0.3 is 6.03 Å². The molecule has 6 rings (SSSR count). The summed E-state index contributed by atoms with van der Waals surface area (Å²) in [4.78, 5) is 26.1. The van der Waals surface area contributed by atoms with Crippen LogP contribution in [0.2, 0.25) is 0 Å². The van der Waals surface area contributed by atoms with Gasteiger partial charge in [-0.15, -0.1) is 5.10 Å². The van der Waals surface area contributed by atoms with Crippen molar-refractivity contribution in [1.82, 2.24) is 25.9 Å². The van der Waals surface area contributed by atoms with E-state index in [1.54, 1.807) is 36.4 Å². The standard InChI is InChI=1S/C30H31N7O4S/c38-28(33-29-34-36-37-35-29)24-12-10-23(11-13-24)27(22-8-6-20(7-9-22)19-4-2-1-3-5-19)32-30(39)31-25-15-14-21-16-17-42(40,41)26(21)18-25/h6-15,18-19,27H,1-5,16-17H2,(H2,31,32,39)(H2,33,34,35,36,37,38). The molecule has 11 nitrogen and oxygen atoms in total. The molecule has 2 heterocycles. The molecule has 42 heavy (non-hydrogen) atoms. The molecular formula is C30H31N7O4S. The number of urea groups is 1. The Labute approximate surface area is 243 Å². The summed E-state index contributed by atoms with van der Waals surface area (Å²) in [6.45, 7) is 0. The van der Waals surface area contributed by atoms with E-state index in [9.17, 15) is 18.0 Å². The number of H-pyrrole nitrogens is 1. The highest BCUT2D eigenvalue weighted by atomic mass is 32.2. The lowest BCUT2D eigenvalue weighted by Gasteiger charge is -2.24. The average molecular weight is 586 g/mol. The summed E-state index contributed by atoms with van der Waals surface area (Å²) in [6.07, 6.45) is 6.63. The van der Waals surface area contributed by atoms with Gasteiger partial charge < -0.3 is 10.6 Å². The summed E-state index contributed by atoms with van der Waals surface area (Å²) in [7, 11) is -3.33. The lowest BCUT2D eigenvalue weighted by molar-refractivity contribution is 0.102. The van der Waals surface area contributed by atoms with Crippen molar-refractivity contribution in [2.24, 2.45) is 0 Å². The van der Waals surface area contributed by atoms with Crippen LogP contribution in [0.3, 0.4) is 0 Å². The smallest absolute Gasteiger partial charge is 0.319 e. The number of amides is 3. The molecule has 0 spiro atoms. The van der Waals surface area contributed by atoms with Crippen molar-refractivity contribution < 1.29 is 18.0 Å². The summed E-state index contributed by atoms with van der Waals surface area (Å²) >= 11 is 0. The molecule has 1 aliphatic carbocycles. The molecule has 0 radical (unpaired) electrons. The minimum Gasteiger partial charge on any atom is -0.327 e. The number of sulfone groups is 1. The van der Waals surface area contributed by atoms with Crippen molar-refractivity contribution >= 4 is 33.4 Å². The Balaban J connectivity index is 1.23. The Hall–Kier alpha value is -4.58. The van der Waals surface area contributed by atoms with Crippen LogP contribution >= 0.6 is 0 Å². The van der Waals surface area contributed by atoms with Crippen molar-refractivity contribution in [3.8, 4) is 0 Å². The molecule has 1 aliphatic heterocycles. The van der Waals surface area contributed by atoms with Gasteiger partial charge in [0.1, 0.15) is 0 Å². The summed E-state index contributed by atoms with van der Waals surface area (Å²) in [5.74, 6) is 0.307. The SMILES string of the molecule is O=C(Nc1ccc2c(c1)S(=O)(=O)CC2)NC(c1ccc(C(=O)Nc2nn[nH]n2)cc1)c1ccc(C2CCCCC2)cc1. The average Bonchev–Trinajstić information content (AvgIpc) is 3.63. The highest BCUT2D eigenvalue weighted by Gasteiger charge is 2.27. The Kier molecular flexibility index (Phi) is 7.70. The monoisotopic (exact) mass is 585 g/mol. The lowest BCUT2D eigenvalue weighted by Crippen LogP contribution is -2.33. The fraction of sp³-hybridized carbons (Fsp3) is 0.300. The van der Waals surface area contributed by atoms with Gasteiger partial charge in [0.2, 0.25) is 0 Å².